The average molecular weight is 1520 g/mol. The summed E-state index contributed by atoms with van der Waals surface area (Å²) >= 11 is 2.70. The number of benzene rings is 4. The van der Waals surface area contributed by atoms with Crippen molar-refractivity contribution >= 4 is 101 Å². The van der Waals surface area contributed by atoms with E-state index in [9.17, 15) is 72.1 Å². The first-order valence-electron chi connectivity index (χ1n) is 35.7. The number of pyridine rings is 1. The minimum Gasteiger partial charge on any atom is -0.476 e. The number of ether oxygens (including phenoxy) is 4. The number of aliphatic hydroxyl groups excluding tert-OH is 4. The smallest absolute Gasteiger partial charge is 0.409 e. The van der Waals surface area contributed by atoms with Crippen molar-refractivity contribution in [2.45, 2.75) is 172 Å². The fourth-order valence-corrected chi connectivity index (χ4v) is 19.7. The van der Waals surface area contributed by atoms with Gasteiger partial charge in [0.2, 0.25) is 24.0 Å². The van der Waals surface area contributed by atoms with Crippen LogP contribution < -0.4 is 15.4 Å². The second kappa shape index (κ2) is 31.9. The molecule has 2 aliphatic heterocycles. The number of hydrogen-bond donors (Lipinski definition) is 8. The van der Waals surface area contributed by atoms with Crippen molar-refractivity contribution in [2.75, 3.05) is 50.6 Å². The second-order valence-corrected chi connectivity index (χ2v) is 33.6. The fourth-order valence-electron chi connectivity index (χ4n) is 17.4. The lowest BCUT2D eigenvalue weighted by atomic mass is 9.39. The minimum atomic E-state index is -4.67. The van der Waals surface area contributed by atoms with Gasteiger partial charge in [-0.25, -0.2) is 19.6 Å². The van der Waals surface area contributed by atoms with Crippen LogP contribution in [0.5, 0.6) is 5.75 Å². The van der Waals surface area contributed by atoms with Crippen LogP contribution in [0.25, 0.3) is 43.4 Å². The van der Waals surface area contributed by atoms with E-state index in [4.69, 9.17) is 29.0 Å². The summed E-state index contributed by atoms with van der Waals surface area (Å²) in [5.74, 6) is -5.38. The van der Waals surface area contributed by atoms with Gasteiger partial charge < -0.3 is 54.7 Å². The summed E-state index contributed by atoms with van der Waals surface area (Å²) in [5, 5.41) is 64.2. The van der Waals surface area contributed by atoms with E-state index in [-0.39, 0.29) is 91.1 Å². The number of carboxylic acid groups (broad SMARTS) is 1. The lowest BCUT2D eigenvalue weighted by Crippen LogP contribution is -2.64. The number of thiazole rings is 1. The minimum absolute atomic E-state index is 0.0151. The highest BCUT2D eigenvalue weighted by molar-refractivity contribution is 8.00. The summed E-state index contributed by atoms with van der Waals surface area (Å²) in [6.45, 7) is 7.66. The van der Waals surface area contributed by atoms with Gasteiger partial charge in [0.1, 0.15) is 36.5 Å². The molecule has 4 aliphatic carbocycles. The van der Waals surface area contributed by atoms with Crippen LogP contribution in [0.15, 0.2) is 97.2 Å². The standard InChI is InChI=1S/C76H90N8O19S3/c1-44-55(52-24-25-56(79-61(52)68(93)94)47-21-20-45-15-13-17-53(54(45)32-47)66(91)81-71-80-57-18-8-9-19-58(57)105-71)34-78-84(44)43-75-38-73(2)37-74(3,39-75)41-76(40-73,42-75)101-29-28-82(4)72(96)100-35-48-22-23-51(102-70-64(89)62(87)63(88)69(95)103-70)31-46(48)14-10-11-26-77-65(90)49(36-106(97,98)99)30-50(85)16-7-6-12-27-83-60(86)33-59(104-5)67(83)92/h8-9,13,15,17-25,31-32,34,49,59,62-64,69-70,87-89,95H,6-7,10-12,14,16,26-30,33,35-43H2,1-5H3,(H,77,90)(H,93,94)(H,80,81,91)(H,97,98,99)/t49-,59?,62-,63-,64+,69-,70+,73?,74?,75?,76?/m0/s1. The number of imide groups is 1. The molecule has 30 heteroatoms. The summed E-state index contributed by atoms with van der Waals surface area (Å²) in [6.07, 6.45) is 1.42. The maximum Gasteiger partial charge on any atom is 0.409 e. The fraction of sp³-hybridized carbons (Fsp3) is 0.500. The first-order valence-corrected chi connectivity index (χ1v) is 39.4. The molecule has 3 aromatic heterocycles. The number of nitrogens with zero attached hydrogens (tertiary/aromatic N) is 6. The zero-order valence-corrected chi connectivity index (χ0v) is 62.2. The molecule has 2 saturated heterocycles. The monoisotopic (exact) mass is 1510 g/mol. The van der Waals surface area contributed by atoms with Gasteiger partial charge in [-0.05, 0) is 170 Å². The Kier molecular flexibility index (Phi) is 23.2. The Morgan fingerprint density at radius 3 is 2.35 bits per heavy atom. The number of aliphatic hydroxyl groups is 4. The van der Waals surface area contributed by atoms with Crippen molar-refractivity contribution in [3.63, 3.8) is 0 Å². The van der Waals surface area contributed by atoms with Crippen molar-refractivity contribution in [1.82, 2.24) is 34.9 Å². The van der Waals surface area contributed by atoms with Crippen LogP contribution in [0.3, 0.4) is 0 Å². The Labute approximate surface area is 621 Å². The van der Waals surface area contributed by atoms with E-state index in [2.05, 4.69) is 29.5 Å². The van der Waals surface area contributed by atoms with E-state index in [0.717, 1.165) is 59.8 Å². The van der Waals surface area contributed by atoms with Gasteiger partial charge in [0.05, 0.1) is 51.2 Å². The van der Waals surface area contributed by atoms with Crippen LogP contribution in [-0.2, 0) is 63.1 Å². The van der Waals surface area contributed by atoms with Crippen LogP contribution in [0.1, 0.15) is 141 Å². The molecule has 6 fully saturated rings. The lowest BCUT2D eigenvalue weighted by molar-refractivity contribution is -0.321. The molecule has 0 spiro atoms. The average Bonchev–Trinajstić information content (AvgIpc) is 0.718. The third kappa shape index (κ3) is 17.6. The summed E-state index contributed by atoms with van der Waals surface area (Å²) < 4.78 is 60.7. The van der Waals surface area contributed by atoms with Gasteiger partial charge >= 0.3 is 12.1 Å². The van der Waals surface area contributed by atoms with Crippen molar-refractivity contribution in [1.29, 1.82) is 0 Å². The second-order valence-electron chi connectivity index (χ2n) is 30.0. The van der Waals surface area contributed by atoms with E-state index in [1.807, 2.05) is 66.2 Å². The number of Topliss-reactive ketones (excluding diaryl/α,β-unsaturated/α-hetero) is 1. The molecule has 6 aliphatic rings. The molecule has 566 valence electrons. The molecule has 9 atom stereocenters. The number of fused-ring (bicyclic) bond motifs is 2. The number of carbonyl (C=O) groups excluding carboxylic acids is 6. The normalized spacial score (nSPS) is 25.1. The third-order valence-electron chi connectivity index (χ3n) is 21.3. The van der Waals surface area contributed by atoms with Crippen LogP contribution >= 0.6 is 23.1 Å². The number of aromatic carboxylic acids is 1. The van der Waals surface area contributed by atoms with Gasteiger partial charge in [0, 0.05) is 80.4 Å². The quantitative estimate of drug-likeness (QED) is 0.0111. The number of ketones is 1. The van der Waals surface area contributed by atoms with E-state index < -0.39 is 93.7 Å². The number of likely N-dealkylation sites (N-methyl/N-ethyl adjacent to an activating group) is 1. The molecular weight excluding hydrogens is 1430 g/mol. The number of aromatic nitrogens is 4. The van der Waals surface area contributed by atoms with Gasteiger partial charge in [-0.15, -0.1) is 0 Å². The Morgan fingerprint density at radius 2 is 1.61 bits per heavy atom. The van der Waals surface area contributed by atoms with Crippen LogP contribution in [-0.4, -0.2) is 197 Å². The lowest BCUT2D eigenvalue weighted by Gasteiger charge is -2.69. The number of unbranched alkanes of at least 4 members (excludes halogenated alkanes) is 3. The number of para-hydroxylation sites is 1. The highest BCUT2D eigenvalue weighted by Crippen LogP contribution is 2.72. The van der Waals surface area contributed by atoms with E-state index in [1.54, 1.807) is 49.8 Å². The number of thioether (sulfide) groups is 1. The molecular formula is C76H90N8O19S3. The predicted octanol–water partition coefficient (Wildman–Crippen LogP) is 9.13. The Bertz CT molecular complexity index is 4570. The van der Waals surface area contributed by atoms with Gasteiger partial charge in [0.25, 0.3) is 16.0 Å². The number of amides is 5. The zero-order valence-electron chi connectivity index (χ0n) is 59.7. The first-order chi connectivity index (χ1) is 50.4. The number of nitrogens with one attached hydrogen (secondary N) is 2. The maximum absolute atomic E-state index is 13.9. The molecule has 3 unspecified atom stereocenters. The molecule has 4 aromatic carbocycles. The zero-order chi connectivity index (χ0) is 75.6. The molecule has 106 heavy (non-hydrogen) atoms. The number of carboxylic acids is 1. The van der Waals surface area contributed by atoms with Gasteiger partial charge in [-0.3, -0.25) is 43.4 Å². The third-order valence-corrected chi connectivity index (χ3v) is 24.0. The molecule has 13 rings (SSSR count). The van der Waals surface area contributed by atoms with E-state index in [0.29, 0.717) is 94.7 Å². The van der Waals surface area contributed by atoms with Crippen molar-refractivity contribution < 1.29 is 91.0 Å². The highest BCUT2D eigenvalue weighted by atomic mass is 32.2. The largest absolute Gasteiger partial charge is 0.476 e. The number of rotatable bonds is 32. The Morgan fingerprint density at radius 1 is 0.840 bits per heavy atom. The van der Waals surface area contributed by atoms with Gasteiger partial charge in [-0.2, -0.15) is 25.3 Å². The topological polar surface area (TPSA) is 386 Å². The van der Waals surface area contributed by atoms with Crippen molar-refractivity contribution in [3.8, 4) is 28.1 Å². The van der Waals surface area contributed by atoms with Crippen LogP contribution in [0.4, 0.5) is 9.93 Å². The summed E-state index contributed by atoms with van der Waals surface area (Å²) in [6, 6.07) is 27.0. The molecule has 5 heterocycles. The first kappa shape index (κ1) is 77.3. The summed E-state index contributed by atoms with van der Waals surface area (Å²) in [7, 11) is -3.05. The highest BCUT2D eigenvalue weighted by Gasteiger charge is 2.66. The van der Waals surface area contributed by atoms with Gasteiger partial charge in [0.15, 0.2) is 17.1 Å². The molecule has 5 amide bonds. The predicted molar refractivity (Wildman–Crippen MR) is 394 cm³/mol. The molecule has 4 bridgehead atoms. The van der Waals surface area contributed by atoms with E-state index >= 15 is 0 Å². The van der Waals surface area contributed by atoms with Crippen molar-refractivity contribution in [2.24, 2.45) is 22.2 Å². The van der Waals surface area contributed by atoms with E-state index in [1.165, 1.54) is 39.0 Å². The van der Waals surface area contributed by atoms with Crippen molar-refractivity contribution in [3.05, 3.63) is 125 Å². The van der Waals surface area contributed by atoms with Crippen LogP contribution in [0.2, 0.25) is 0 Å². The number of anilines is 1. The summed E-state index contributed by atoms with van der Waals surface area (Å²) in [4.78, 5) is 104. The summed E-state index contributed by atoms with van der Waals surface area (Å²) in [5.41, 5.74) is 4.29. The Hall–Kier alpha value is -8.30. The number of hydrogen-bond acceptors (Lipinski definition) is 22. The molecule has 0 radical (unpaired) electrons. The van der Waals surface area contributed by atoms with Crippen LogP contribution in [0, 0.1) is 29.1 Å². The Balaban J connectivity index is 0.659. The molecule has 4 saturated carbocycles. The number of likely N-dealkylation sites (tertiary alicyclic amines) is 1. The molecule has 27 nitrogen and oxygen atoms in total. The number of carbonyl (C=O) groups is 7. The maximum atomic E-state index is 13.9. The van der Waals surface area contributed by atoms with Gasteiger partial charge in [-0.1, -0.05) is 74.1 Å². The molecule has 7 aromatic rings. The SMILES string of the molecule is CSC1CC(=O)N(CCCCCC(=O)C[C@@H](CS(=O)(=O)O)C(=O)NCCCCc2cc(O[C@@H]3O[C@H](O)[C@@H](O)[C@H](O)[C@H]3O)ccc2COC(=O)N(C)CCOC23CC4(C)CC(C)(CC(Cn5ncc(-c6ccc(-c7ccc8cccc(C(=O)Nc9nc%10ccccc%10s9)c8c7)nc6C(=O)O)c5C)(C4)C2)C3)C1=O. The molecule has 8 N–H and O–H groups in total. The number of aryl methyl sites for hydroxylation is 1.